The van der Waals surface area contributed by atoms with Gasteiger partial charge in [-0.2, -0.15) is 12.6 Å². The number of ether oxygens (including phenoxy) is 1. The van der Waals surface area contributed by atoms with Gasteiger partial charge >= 0.3 is 0 Å². The molecule has 1 aliphatic carbocycles. The number of carbonyl (C=O) groups is 1. The molecule has 0 unspecified atom stereocenters. The number of carbonyl (C=O) groups excluding carboxylic acids is 1. The summed E-state index contributed by atoms with van der Waals surface area (Å²) in [5.74, 6) is 0.286. The summed E-state index contributed by atoms with van der Waals surface area (Å²) in [5, 5.41) is 2.86. The van der Waals surface area contributed by atoms with Crippen molar-refractivity contribution in [2.75, 3.05) is 12.4 Å². The van der Waals surface area contributed by atoms with E-state index in [2.05, 4.69) is 17.9 Å². The molecule has 1 amide bonds. The van der Waals surface area contributed by atoms with Crippen molar-refractivity contribution in [2.45, 2.75) is 31.9 Å². The quantitative estimate of drug-likeness (QED) is 0.636. The van der Waals surface area contributed by atoms with Crippen LogP contribution in [-0.2, 0) is 9.53 Å². The Balaban J connectivity index is 2.05. The van der Waals surface area contributed by atoms with Gasteiger partial charge in [-0.15, -0.1) is 0 Å². The molecule has 0 aromatic rings. The van der Waals surface area contributed by atoms with E-state index in [0.29, 0.717) is 12.1 Å². The fourth-order valence-electron chi connectivity index (χ4n) is 1.33. The second-order valence-corrected chi connectivity index (χ2v) is 3.29. The third-order valence-electron chi connectivity index (χ3n) is 2.01. The molecular weight excluding hydrogens is 174 g/mol. The molecule has 70 valence electrons. The van der Waals surface area contributed by atoms with Crippen molar-refractivity contribution < 1.29 is 9.53 Å². The van der Waals surface area contributed by atoms with Gasteiger partial charge in [0.25, 0.3) is 0 Å². The fourth-order valence-corrected chi connectivity index (χ4v) is 1.42. The number of amides is 1. The highest BCUT2D eigenvalue weighted by Crippen LogP contribution is 2.22. The molecule has 1 saturated carbocycles. The molecule has 0 radical (unpaired) electrons. The van der Waals surface area contributed by atoms with Crippen LogP contribution in [0.4, 0.5) is 0 Å². The lowest BCUT2D eigenvalue weighted by molar-refractivity contribution is -0.121. The number of hydrogen-bond donors (Lipinski definition) is 2. The molecule has 3 nitrogen and oxygen atoms in total. The van der Waals surface area contributed by atoms with Crippen LogP contribution in [0, 0.1) is 0 Å². The summed E-state index contributed by atoms with van der Waals surface area (Å²) in [4.78, 5) is 10.9. The molecular formula is C8H15NO2S. The predicted molar refractivity (Wildman–Crippen MR) is 50.4 cm³/mol. The number of rotatable bonds is 4. The third-order valence-corrected chi connectivity index (χ3v) is 2.29. The SMILES string of the molecule is CCOC1CC(NC(=O)CS)C1. The zero-order chi connectivity index (χ0) is 8.97. The summed E-state index contributed by atoms with van der Waals surface area (Å²) >= 11 is 3.87. The first-order valence-corrected chi connectivity index (χ1v) is 4.91. The molecule has 0 aliphatic heterocycles. The lowest BCUT2D eigenvalue weighted by Crippen LogP contribution is -2.48. The highest BCUT2D eigenvalue weighted by atomic mass is 32.1. The van der Waals surface area contributed by atoms with Gasteiger partial charge in [0, 0.05) is 12.6 Å². The van der Waals surface area contributed by atoms with E-state index in [0.717, 1.165) is 19.4 Å². The van der Waals surface area contributed by atoms with Crippen molar-refractivity contribution in [1.82, 2.24) is 5.32 Å². The molecule has 12 heavy (non-hydrogen) atoms. The standard InChI is InChI=1S/C8H15NO2S/c1-2-11-7-3-6(4-7)9-8(10)5-12/h6-7,12H,2-5H2,1H3,(H,9,10). The van der Waals surface area contributed by atoms with Crippen molar-refractivity contribution in [1.29, 1.82) is 0 Å². The van der Waals surface area contributed by atoms with Gasteiger partial charge in [0.05, 0.1) is 11.9 Å². The largest absolute Gasteiger partial charge is 0.378 e. The minimum atomic E-state index is 0.0123. The van der Waals surface area contributed by atoms with Crippen LogP contribution in [0.1, 0.15) is 19.8 Å². The van der Waals surface area contributed by atoms with Gasteiger partial charge in [-0.1, -0.05) is 0 Å². The number of thiol groups is 1. The smallest absolute Gasteiger partial charge is 0.229 e. The summed E-state index contributed by atoms with van der Waals surface area (Å²) in [5.41, 5.74) is 0. The van der Waals surface area contributed by atoms with Crippen LogP contribution in [0.15, 0.2) is 0 Å². The molecule has 0 saturated heterocycles. The predicted octanol–water partition coefficient (Wildman–Crippen LogP) is 0.600. The molecule has 1 rings (SSSR count). The van der Waals surface area contributed by atoms with Crippen LogP contribution in [-0.4, -0.2) is 30.4 Å². The molecule has 0 heterocycles. The average molecular weight is 189 g/mol. The second-order valence-electron chi connectivity index (χ2n) is 2.97. The summed E-state index contributed by atoms with van der Waals surface area (Å²) in [7, 11) is 0. The minimum Gasteiger partial charge on any atom is -0.378 e. The normalized spacial score (nSPS) is 27.8. The Hall–Kier alpha value is -0.220. The Bertz CT molecular complexity index is 157. The number of nitrogens with one attached hydrogen (secondary N) is 1. The van der Waals surface area contributed by atoms with Gasteiger partial charge in [0.2, 0.25) is 5.91 Å². The highest BCUT2D eigenvalue weighted by Gasteiger charge is 2.30. The van der Waals surface area contributed by atoms with E-state index in [-0.39, 0.29) is 11.7 Å². The van der Waals surface area contributed by atoms with Gasteiger partial charge in [-0.3, -0.25) is 4.79 Å². The maximum atomic E-state index is 10.9. The van der Waals surface area contributed by atoms with Crippen LogP contribution in [0.3, 0.4) is 0 Å². The monoisotopic (exact) mass is 189 g/mol. The first-order chi connectivity index (χ1) is 5.76. The Morgan fingerprint density at radius 1 is 1.67 bits per heavy atom. The first kappa shape index (κ1) is 9.86. The summed E-state index contributed by atoms with van der Waals surface area (Å²) < 4.78 is 5.35. The first-order valence-electron chi connectivity index (χ1n) is 4.28. The van der Waals surface area contributed by atoms with Crippen molar-refractivity contribution >= 4 is 18.5 Å². The molecule has 4 heteroatoms. The van der Waals surface area contributed by atoms with Crippen LogP contribution in [0.2, 0.25) is 0 Å². The third kappa shape index (κ3) is 2.68. The zero-order valence-corrected chi connectivity index (χ0v) is 8.14. The second kappa shape index (κ2) is 4.72. The summed E-state index contributed by atoms with van der Waals surface area (Å²) in [6.07, 6.45) is 2.26. The van der Waals surface area contributed by atoms with Gasteiger partial charge in [0.1, 0.15) is 0 Å². The van der Waals surface area contributed by atoms with Gasteiger partial charge < -0.3 is 10.1 Å². The Kier molecular flexibility index (Phi) is 3.88. The molecule has 0 aromatic carbocycles. The lowest BCUT2D eigenvalue weighted by atomic mass is 9.89. The average Bonchev–Trinajstić information content (AvgIpc) is 2.00. The van der Waals surface area contributed by atoms with E-state index in [1.807, 2.05) is 6.92 Å². The fraction of sp³-hybridized carbons (Fsp3) is 0.875. The van der Waals surface area contributed by atoms with Crippen molar-refractivity contribution in [3.05, 3.63) is 0 Å². The van der Waals surface area contributed by atoms with E-state index in [4.69, 9.17) is 4.74 Å². The molecule has 1 N–H and O–H groups in total. The maximum absolute atomic E-state index is 10.9. The number of hydrogen-bond acceptors (Lipinski definition) is 3. The zero-order valence-electron chi connectivity index (χ0n) is 7.25. The molecule has 1 fully saturated rings. The summed E-state index contributed by atoms with van der Waals surface area (Å²) in [6, 6.07) is 0.321. The molecule has 0 spiro atoms. The van der Waals surface area contributed by atoms with Crippen LogP contribution in [0.5, 0.6) is 0 Å². The van der Waals surface area contributed by atoms with E-state index in [9.17, 15) is 4.79 Å². The van der Waals surface area contributed by atoms with Crippen LogP contribution >= 0.6 is 12.6 Å². The van der Waals surface area contributed by atoms with Crippen molar-refractivity contribution in [2.24, 2.45) is 0 Å². The summed E-state index contributed by atoms with van der Waals surface area (Å²) in [6.45, 7) is 2.75. The molecule has 0 atom stereocenters. The van der Waals surface area contributed by atoms with Crippen LogP contribution in [0.25, 0.3) is 0 Å². The lowest BCUT2D eigenvalue weighted by Gasteiger charge is -2.35. The Morgan fingerprint density at radius 2 is 2.33 bits per heavy atom. The highest BCUT2D eigenvalue weighted by molar-refractivity contribution is 7.81. The van der Waals surface area contributed by atoms with E-state index < -0.39 is 0 Å². The van der Waals surface area contributed by atoms with Gasteiger partial charge in [-0.05, 0) is 19.8 Å². The van der Waals surface area contributed by atoms with Crippen LogP contribution < -0.4 is 5.32 Å². The van der Waals surface area contributed by atoms with E-state index in [1.165, 1.54) is 0 Å². The Labute approximate surface area is 78.3 Å². The molecule has 1 aliphatic rings. The molecule has 0 bridgehead atoms. The van der Waals surface area contributed by atoms with Gasteiger partial charge in [0.15, 0.2) is 0 Å². The maximum Gasteiger partial charge on any atom is 0.229 e. The van der Waals surface area contributed by atoms with Gasteiger partial charge in [-0.25, -0.2) is 0 Å². The van der Waals surface area contributed by atoms with Crippen molar-refractivity contribution in [3.8, 4) is 0 Å². The topological polar surface area (TPSA) is 38.3 Å². The Morgan fingerprint density at radius 3 is 2.83 bits per heavy atom. The molecule has 0 aromatic heterocycles. The van der Waals surface area contributed by atoms with E-state index in [1.54, 1.807) is 0 Å². The minimum absolute atomic E-state index is 0.0123. The van der Waals surface area contributed by atoms with Crippen molar-refractivity contribution in [3.63, 3.8) is 0 Å². The van der Waals surface area contributed by atoms with E-state index >= 15 is 0 Å².